The molecule has 0 spiro atoms. The average molecular weight is 303 g/mol. The van der Waals surface area contributed by atoms with E-state index in [-0.39, 0.29) is 4.83 Å². The van der Waals surface area contributed by atoms with E-state index >= 15 is 0 Å². The Morgan fingerprint density at radius 1 is 0.778 bits per heavy atom. The minimum atomic E-state index is 0.275. The Morgan fingerprint density at radius 3 is 1.94 bits per heavy atom. The van der Waals surface area contributed by atoms with Crippen molar-refractivity contribution < 1.29 is 0 Å². The number of benzene rings is 2. The van der Waals surface area contributed by atoms with Gasteiger partial charge in [-0.2, -0.15) is 0 Å². The van der Waals surface area contributed by atoms with Crippen LogP contribution in [0.4, 0.5) is 0 Å². The molecule has 2 rings (SSSR count). The number of hydrogen-bond donors (Lipinski definition) is 0. The Morgan fingerprint density at radius 2 is 1.39 bits per heavy atom. The van der Waals surface area contributed by atoms with E-state index < -0.39 is 0 Å². The van der Waals surface area contributed by atoms with Crippen LogP contribution in [-0.4, -0.2) is 0 Å². The molecule has 0 aliphatic heterocycles. The van der Waals surface area contributed by atoms with Crippen molar-refractivity contribution in [2.75, 3.05) is 0 Å². The Labute approximate surface area is 118 Å². The van der Waals surface area contributed by atoms with Crippen LogP contribution < -0.4 is 0 Å². The maximum absolute atomic E-state index is 3.84. The van der Waals surface area contributed by atoms with Gasteiger partial charge in [-0.15, -0.1) is 0 Å². The SMILES string of the molecule is Cc1cc(C)cc(C(Br)c2ccc(C)cc2C)c1. The highest BCUT2D eigenvalue weighted by Crippen LogP contribution is 2.34. The third-order valence-electron chi connectivity index (χ3n) is 3.24. The zero-order valence-corrected chi connectivity index (χ0v) is 13.0. The van der Waals surface area contributed by atoms with E-state index in [0.717, 1.165) is 0 Å². The van der Waals surface area contributed by atoms with E-state index in [1.54, 1.807) is 0 Å². The molecule has 94 valence electrons. The van der Waals surface area contributed by atoms with Crippen LogP contribution in [0.2, 0.25) is 0 Å². The van der Waals surface area contributed by atoms with Crippen molar-refractivity contribution in [3.8, 4) is 0 Å². The Bertz CT molecular complexity index is 550. The predicted octanol–water partition coefficient (Wildman–Crippen LogP) is 5.40. The fourth-order valence-electron chi connectivity index (χ4n) is 2.45. The van der Waals surface area contributed by atoms with Gasteiger partial charge in [-0.05, 0) is 44.4 Å². The van der Waals surface area contributed by atoms with Gasteiger partial charge in [0.05, 0.1) is 4.83 Å². The lowest BCUT2D eigenvalue weighted by molar-refractivity contribution is 1.12. The molecule has 0 heterocycles. The summed E-state index contributed by atoms with van der Waals surface area (Å²) in [4.78, 5) is 0.275. The summed E-state index contributed by atoms with van der Waals surface area (Å²) in [5, 5.41) is 0. The molecular formula is C17H19Br. The number of halogens is 1. The van der Waals surface area contributed by atoms with Crippen molar-refractivity contribution >= 4 is 15.9 Å². The third-order valence-corrected chi connectivity index (χ3v) is 4.26. The lowest BCUT2D eigenvalue weighted by Gasteiger charge is -2.15. The van der Waals surface area contributed by atoms with E-state index in [1.807, 2.05) is 0 Å². The fourth-order valence-corrected chi connectivity index (χ4v) is 3.22. The molecule has 18 heavy (non-hydrogen) atoms. The summed E-state index contributed by atoms with van der Waals surface area (Å²) in [7, 11) is 0. The van der Waals surface area contributed by atoms with Crippen molar-refractivity contribution in [3.63, 3.8) is 0 Å². The van der Waals surface area contributed by atoms with Crippen molar-refractivity contribution in [2.24, 2.45) is 0 Å². The van der Waals surface area contributed by atoms with Crippen molar-refractivity contribution in [3.05, 3.63) is 69.8 Å². The van der Waals surface area contributed by atoms with Gasteiger partial charge in [0, 0.05) is 0 Å². The zero-order chi connectivity index (χ0) is 13.3. The van der Waals surface area contributed by atoms with Crippen LogP contribution in [0.3, 0.4) is 0 Å². The van der Waals surface area contributed by atoms with Crippen LogP contribution in [0, 0.1) is 27.7 Å². The topological polar surface area (TPSA) is 0 Å². The molecule has 0 N–H and O–H groups in total. The lowest BCUT2D eigenvalue weighted by Crippen LogP contribution is -1.97. The number of aryl methyl sites for hydroxylation is 4. The summed E-state index contributed by atoms with van der Waals surface area (Å²) < 4.78 is 0. The molecule has 0 nitrogen and oxygen atoms in total. The Hall–Kier alpha value is -1.08. The Kier molecular flexibility index (Phi) is 3.91. The monoisotopic (exact) mass is 302 g/mol. The minimum absolute atomic E-state index is 0.275. The van der Waals surface area contributed by atoms with Gasteiger partial charge in [-0.1, -0.05) is 69.0 Å². The molecule has 1 heteroatoms. The maximum Gasteiger partial charge on any atom is 0.0647 e. The summed E-state index contributed by atoms with van der Waals surface area (Å²) in [6.45, 7) is 8.62. The molecule has 2 aromatic carbocycles. The van der Waals surface area contributed by atoms with E-state index in [0.29, 0.717) is 0 Å². The number of alkyl halides is 1. The summed E-state index contributed by atoms with van der Waals surface area (Å²) in [6.07, 6.45) is 0. The first-order valence-electron chi connectivity index (χ1n) is 6.27. The predicted molar refractivity (Wildman–Crippen MR) is 82.6 cm³/mol. The first kappa shape index (κ1) is 13.4. The van der Waals surface area contributed by atoms with E-state index in [4.69, 9.17) is 0 Å². The van der Waals surface area contributed by atoms with Crippen LogP contribution in [0.1, 0.15) is 38.2 Å². The van der Waals surface area contributed by atoms with Gasteiger partial charge in [0.15, 0.2) is 0 Å². The average Bonchev–Trinajstić information content (AvgIpc) is 2.26. The Balaban J connectivity index is 2.44. The van der Waals surface area contributed by atoms with Gasteiger partial charge in [0.2, 0.25) is 0 Å². The summed E-state index contributed by atoms with van der Waals surface area (Å²) in [5.41, 5.74) is 7.98. The highest BCUT2D eigenvalue weighted by atomic mass is 79.9. The standard InChI is InChI=1S/C17H19Br/c1-11-5-6-16(14(4)8-11)17(18)15-9-12(2)7-13(3)10-15/h5-10,17H,1-4H3. The van der Waals surface area contributed by atoms with Crippen molar-refractivity contribution in [1.82, 2.24) is 0 Å². The normalized spacial score (nSPS) is 12.5. The second kappa shape index (κ2) is 5.27. The smallest absolute Gasteiger partial charge is 0.0647 e. The second-order valence-electron chi connectivity index (χ2n) is 5.14. The van der Waals surface area contributed by atoms with Crippen molar-refractivity contribution in [1.29, 1.82) is 0 Å². The highest BCUT2D eigenvalue weighted by Gasteiger charge is 2.13. The molecule has 0 aliphatic rings. The first-order valence-corrected chi connectivity index (χ1v) is 7.18. The van der Waals surface area contributed by atoms with Crippen LogP contribution in [-0.2, 0) is 0 Å². The molecule has 0 saturated heterocycles. The van der Waals surface area contributed by atoms with Gasteiger partial charge < -0.3 is 0 Å². The molecule has 0 bridgehead atoms. The van der Waals surface area contributed by atoms with Gasteiger partial charge in [-0.3, -0.25) is 0 Å². The highest BCUT2D eigenvalue weighted by molar-refractivity contribution is 9.09. The molecule has 0 aromatic heterocycles. The van der Waals surface area contributed by atoms with Gasteiger partial charge in [0.25, 0.3) is 0 Å². The molecule has 0 saturated carbocycles. The summed E-state index contributed by atoms with van der Waals surface area (Å²) in [5.74, 6) is 0. The third kappa shape index (κ3) is 2.84. The number of hydrogen-bond acceptors (Lipinski definition) is 0. The van der Waals surface area contributed by atoms with Crippen LogP contribution in [0.25, 0.3) is 0 Å². The molecule has 1 atom stereocenters. The number of rotatable bonds is 2. The van der Waals surface area contributed by atoms with Crippen molar-refractivity contribution in [2.45, 2.75) is 32.5 Å². The van der Waals surface area contributed by atoms with Gasteiger partial charge in [-0.25, -0.2) is 0 Å². The fraction of sp³-hybridized carbons (Fsp3) is 0.294. The van der Waals surface area contributed by atoms with E-state index in [9.17, 15) is 0 Å². The summed E-state index contributed by atoms with van der Waals surface area (Å²) in [6, 6.07) is 13.4. The molecular weight excluding hydrogens is 284 g/mol. The first-order chi connectivity index (χ1) is 8.47. The second-order valence-corrected chi connectivity index (χ2v) is 6.06. The molecule has 0 amide bonds. The molecule has 0 radical (unpaired) electrons. The van der Waals surface area contributed by atoms with Crippen LogP contribution >= 0.6 is 15.9 Å². The molecule has 0 fully saturated rings. The molecule has 1 unspecified atom stereocenters. The van der Waals surface area contributed by atoms with E-state index in [1.165, 1.54) is 33.4 Å². The quantitative estimate of drug-likeness (QED) is 0.651. The zero-order valence-electron chi connectivity index (χ0n) is 11.4. The minimum Gasteiger partial charge on any atom is -0.0786 e. The van der Waals surface area contributed by atoms with Gasteiger partial charge in [0.1, 0.15) is 0 Å². The molecule has 0 aliphatic carbocycles. The maximum atomic E-state index is 3.84. The largest absolute Gasteiger partial charge is 0.0786 e. The van der Waals surface area contributed by atoms with Crippen LogP contribution in [0.5, 0.6) is 0 Å². The van der Waals surface area contributed by atoms with Gasteiger partial charge >= 0.3 is 0 Å². The van der Waals surface area contributed by atoms with E-state index in [2.05, 4.69) is 80.0 Å². The lowest BCUT2D eigenvalue weighted by atomic mass is 9.96. The van der Waals surface area contributed by atoms with Crippen LogP contribution in [0.15, 0.2) is 36.4 Å². The molecule has 2 aromatic rings. The summed E-state index contributed by atoms with van der Waals surface area (Å²) >= 11 is 3.84.